The van der Waals surface area contributed by atoms with Crippen molar-refractivity contribution in [2.45, 2.75) is 26.4 Å². The molecule has 1 N–H and O–H groups in total. The van der Waals surface area contributed by atoms with Crippen LogP contribution in [0, 0.1) is 6.92 Å². The third-order valence-corrected chi connectivity index (χ3v) is 5.41. The van der Waals surface area contributed by atoms with Gasteiger partial charge in [0.15, 0.2) is 17.1 Å². The van der Waals surface area contributed by atoms with Crippen LogP contribution in [0.15, 0.2) is 91.0 Å². The van der Waals surface area contributed by atoms with Gasteiger partial charge < -0.3 is 24.1 Å². The molecule has 0 aliphatic rings. The number of rotatable bonds is 9. The van der Waals surface area contributed by atoms with Gasteiger partial charge in [-0.25, -0.2) is 4.79 Å². The van der Waals surface area contributed by atoms with Crippen molar-refractivity contribution in [2.24, 2.45) is 0 Å². The van der Waals surface area contributed by atoms with Crippen molar-refractivity contribution in [3.8, 4) is 40.2 Å². The van der Waals surface area contributed by atoms with Crippen molar-refractivity contribution in [1.29, 1.82) is 0 Å². The first-order chi connectivity index (χ1) is 17.2. The van der Waals surface area contributed by atoms with E-state index in [0.29, 0.717) is 45.3 Å². The Kier molecular flexibility index (Phi) is 7.36. The molecule has 0 aliphatic carbocycles. The van der Waals surface area contributed by atoms with Crippen molar-refractivity contribution in [2.75, 3.05) is 0 Å². The molecule has 0 amide bonds. The van der Waals surface area contributed by atoms with Gasteiger partial charge in [0.2, 0.25) is 0 Å². The van der Waals surface area contributed by atoms with Gasteiger partial charge in [0.05, 0.1) is 0 Å². The van der Waals surface area contributed by atoms with Crippen LogP contribution in [0.1, 0.15) is 19.4 Å². The third-order valence-electron chi connectivity index (χ3n) is 5.17. The van der Waals surface area contributed by atoms with Gasteiger partial charge in [-0.3, -0.25) is 0 Å². The zero-order chi connectivity index (χ0) is 25.7. The lowest BCUT2D eigenvalue weighted by Gasteiger charge is -2.23. The van der Waals surface area contributed by atoms with Crippen molar-refractivity contribution in [3.63, 3.8) is 0 Å². The van der Waals surface area contributed by atoms with Crippen molar-refractivity contribution >= 4 is 17.6 Å². The molecule has 0 radical (unpaired) electrons. The summed E-state index contributed by atoms with van der Waals surface area (Å²) >= 11 is 6.18. The molecule has 4 aromatic rings. The van der Waals surface area contributed by atoms with Gasteiger partial charge in [0.1, 0.15) is 28.7 Å². The first-order valence-electron chi connectivity index (χ1n) is 11.2. The Balaban J connectivity index is 1.50. The van der Waals surface area contributed by atoms with Crippen LogP contribution >= 0.6 is 11.6 Å². The van der Waals surface area contributed by atoms with E-state index in [9.17, 15) is 9.90 Å². The minimum atomic E-state index is -1.34. The molecule has 0 aliphatic heterocycles. The number of carboxylic acid groups (broad SMARTS) is 1. The van der Waals surface area contributed by atoms with Gasteiger partial charge in [-0.15, -0.1) is 0 Å². The van der Waals surface area contributed by atoms with E-state index < -0.39 is 11.6 Å². The summed E-state index contributed by atoms with van der Waals surface area (Å²) < 4.78 is 23.7. The average molecular weight is 505 g/mol. The molecule has 36 heavy (non-hydrogen) atoms. The fraction of sp³-hybridized carbons (Fsp3) is 0.138. The quantitative estimate of drug-likeness (QED) is 0.247. The molecule has 0 aromatic heterocycles. The smallest absolute Gasteiger partial charge is 0.347 e. The highest BCUT2D eigenvalue weighted by Crippen LogP contribution is 2.38. The summed E-state index contributed by atoms with van der Waals surface area (Å²) in [6.07, 6.45) is 0. The van der Waals surface area contributed by atoms with Crippen molar-refractivity contribution < 1.29 is 28.8 Å². The molecule has 0 saturated carbocycles. The van der Waals surface area contributed by atoms with Gasteiger partial charge in [-0.05, 0) is 80.9 Å². The standard InChI is InChI=1S/C29H25ClO6/c1-19-16-24(13-15-25(19)36-29(2,3)28(31)32)33-22-10-7-11-23(18-22)35-26-14-12-20(30)17-27(26)34-21-8-5-4-6-9-21/h4-18H,1-3H3,(H,31,32). The van der Waals surface area contributed by atoms with E-state index in [-0.39, 0.29) is 0 Å². The van der Waals surface area contributed by atoms with Gasteiger partial charge in [0, 0.05) is 17.2 Å². The lowest BCUT2D eigenvalue weighted by molar-refractivity contribution is -0.152. The number of hydrogen-bond acceptors (Lipinski definition) is 5. The number of halogens is 1. The first kappa shape index (κ1) is 24.9. The second-order valence-corrected chi connectivity index (χ2v) is 8.97. The number of carboxylic acids is 1. The number of carbonyl (C=O) groups is 1. The van der Waals surface area contributed by atoms with E-state index in [1.165, 1.54) is 13.8 Å². The second kappa shape index (κ2) is 10.6. The Morgan fingerprint density at radius 2 is 1.31 bits per heavy atom. The monoisotopic (exact) mass is 504 g/mol. The number of para-hydroxylation sites is 1. The molecule has 0 heterocycles. The number of aliphatic carboxylic acids is 1. The fourth-order valence-electron chi connectivity index (χ4n) is 3.24. The second-order valence-electron chi connectivity index (χ2n) is 8.53. The van der Waals surface area contributed by atoms with Crippen LogP contribution in [0.2, 0.25) is 5.02 Å². The number of hydrogen-bond donors (Lipinski definition) is 1. The molecule has 0 saturated heterocycles. The fourth-order valence-corrected chi connectivity index (χ4v) is 3.41. The summed E-state index contributed by atoms with van der Waals surface area (Å²) in [6, 6.07) is 26.9. The zero-order valence-electron chi connectivity index (χ0n) is 20.0. The molecule has 0 fully saturated rings. The van der Waals surface area contributed by atoms with Gasteiger partial charge in [-0.2, -0.15) is 0 Å². The van der Waals surface area contributed by atoms with Crippen LogP contribution in [0.4, 0.5) is 0 Å². The Labute approximate surface area is 214 Å². The highest BCUT2D eigenvalue weighted by Gasteiger charge is 2.30. The lowest BCUT2D eigenvalue weighted by Crippen LogP contribution is -2.38. The lowest BCUT2D eigenvalue weighted by atomic mass is 10.1. The van der Waals surface area contributed by atoms with Crippen molar-refractivity contribution in [3.05, 3.63) is 102 Å². The predicted molar refractivity (Wildman–Crippen MR) is 138 cm³/mol. The summed E-state index contributed by atoms with van der Waals surface area (Å²) in [6.45, 7) is 4.83. The highest BCUT2D eigenvalue weighted by atomic mass is 35.5. The summed E-state index contributed by atoms with van der Waals surface area (Å²) in [5.74, 6) is 2.76. The van der Waals surface area contributed by atoms with Crippen LogP contribution in [-0.4, -0.2) is 16.7 Å². The van der Waals surface area contributed by atoms with Crippen LogP contribution in [0.5, 0.6) is 40.2 Å². The van der Waals surface area contributed by atoms with Gasteiger partial charge in [-0.1, -0.05) is 35.9 Å². The Bertz CT molecular complexity index is 1370. The minimum absolute atomic E-state index is 0.473. The zero-order valence-corrected chi connectivity index (χ0v) is 20.8. The maximum Gasteiger partial charge on any atom is 0.347 e. The summed E-state index contributed by atoms with van der Waals surface area (Å²) in [7, 11) is 0. The summed E-state index contributed by atoms with van der Waals surface area (Å²) in [4.78, 5) is 11.4. The molecule has 184 valence electrons. The Hall–Kier alpha value is -4.16. The normalized spacial score (nSPS) is 11.0. The minimum Gasteiger partial charge on any atom is -0.478 e. The maximum absolute atomic E-state index is 11.4. The van der Waals surface area contributed by atoms with Gasteiger partial charge in [0.25, 0.3) is 0 Å². The summed E-state index contributed by atoms with van der Waals surface area (Å²) in [5, 5.41) is 9.83. The molecular weight excluding hydrogens is 480 g/mol. The predicted octanol–water partition coefficient (Wildman–Crippen LogP) is 8.27. The van der Waals surface area contributed by atoms with Crippen molar-refractivity contribution in [1.82, 2.24) is 0 Å². The molecular formula is C29H25ClO6. The van der Waals surface area contributed by atoms with Crippen LogP contribution in [-0.2, 0) is 4.79 Å². The van der Waals surface area contributed by atoms with E-state index in [1.54, 1.807) is 42.5 Å². The van der Waals surface area contributed by atoms with Crippen LogP contribution in [0.3, 0.4) is 0 Å². The van der Waals surface area contributed by atoms with E-state index >= 15 is 0 Å². The molecule has 4 aromatic carbocycles. The number of aryl methyl sites for hydroxylation is 1. The molecule has 0 bridgehead atoms. The van der Waals surface area contributed by atoms with E-state index in [2.05, 4.69) is 0 Å². The first-order valence-corrected chi connectivity index (χ1v) is 11.6. The maximum atomic E-state index is 11.4. The van der Waals surface area contributed by atoms with E-state index in [0.717, 1.165) is 5.56 Å². The Morgan fingerprint density at radius 3 is 2.00 bits per heavy atom. The van der Waals surface area contributed by atoms with Gasteiger partial charge >= 0.3 is 5.97 Å². The van der Waals surface area contributed by atoms with Crippen LogP contribution < -0.4 is 18.9 Å². The molecule has 4 rings (SSSR count). The van der Waals surface area contributed by atoms with E-state index in [4.69, 9.17) is 30.5 Å². The molecule has 0 unspecified atom stereocenters. The SMILES string of the molecule is Cc1cc(Oc2cccc(Oc3ccc(Cl)cc3Oc3ccccc3)c2)ccc1OC(C)(C)C(=O)O. The topological polar surface area (TPSA) is 74.2 Å². The van der Waals surface area contributed by atoms with E-state index in [1.807, 2.05) is 55.5 Å². The van der Waals surface area contributed by atoms with Crippen LogP contribution in [0.25, 0.3) is 0 Å². The molecule has 0 atom stereocenters. The highest BCUT2D eigenvalue weighted by molar-refractivity contribution is 6.30. The number of benzene rings is 4. The average Bonchev–Trinajstić information content (AvgIpc) is 2.83. The Morgan fingerprint density at radius 1 is 0.694 bits per heavy atom. The number of ether oxygens (including phenoxy) is 4. The largest absolute Gasteiger partial charge is 0.478 e. The summed E-state index contributed by atoms with van der Waals surface area (Å²) in [5.41, 5.74) is -0.595. The third kappa shape index (κ3) is 6.29. The molecule has 0 spiro atoms. The molecule has 7 heteroatoms. The molecule has 6 nitrogen and oxygen atoms in total.